The number of carbonyl (C=O) groups excluding carboxylic acids is 2. The summed E-state index contributed by atoms with van der Waals surface area (Å²) in [5.74, 6) is -0.0509. The highest BCUT2D eigenvalue weighted by atomic mass is 16.3. The first-order valence-corrected chi connectivity index (χ1v) is 10.9. The Balaban J connectivity index is 1.16. The zero-order valence-corrected chi connectivity index (χ0v) is 16.7. The Kier molecular flexibility index (Phi) is 4.92. The third kappa shape index (κ3) is 3.38. The summed E-state index contributed by atoms with van der Waals surface area (Å²) in [7, 11) is 0. The average molecular weight is 396 g/mol. The van der Waals surface area contributed by atoms with Crippen molar-refractivity contribution in [3.05, 3.63) is 42.5 Å². The van der Waals surface area contributed by atoms with Gasteiger partial charge in [0.25, 0.3) is 0 Å². The summed E-state index contributed by atoms with van der Waals surface area (Å²) < 4.78 is 0. The molecule has 5 rings (SSSR count). The molecular weight excluding hydrogens is 366 g/mol. The predicted octanol–water partition coefficient (Wildman–Crippen LogP) is 1.37. The van der Waals surface area contributed by atoms with Gasteiger partial charge in [-0.25, -0.2) is 0 Å². The van der Waals surface area contributed by atoms with E-state index in [0.717, 1.165) is 39.0 Å². The van der Waals surface area contributed by atoms with Crippen molar-refractivity contribution in [3.63, 3.8) is 0 Å². The Morgan fingerprint density at radius 3 is 2.28 bits per heavy atom. The van der Waals surface area contributed by atoms with Gasteiger partial charge in [0.1, 0.15) is 0 Å². The number of allylic oxidation sites excluding steroid dienone is 2. The van der Waals surface area contributed by atoms with Gasteiger partial charge in [-0.15, -0.1) is 0 Å². The molecule has 1 aromatic carbocycles. The van der Waals surface area contributed by atoms with Crippen LogP contribution in [0.3, 0.4) is 0 Å². The third-order valence-electron chi connectivity index (χ3n) is 7.13. The number of nitrogens with zero attached hydrogens (tertiary/aromatic N) is 3. The van der Waals surface area contributed by atoms with Crippen LogP contribution in [0, 0.1) is 23.7 Å². The second-order valence-corrected chi connectivity index (χ2v) is 8.92. The van der Waals surface area contributed by atoms with Crippen LogP contribution in [0.4, 0.5) is 5.69 Å². The fourth-order valence-corrected chi connectivity index (χ4v) is 5.76. The number of amides is 2. The van der Waals surface area contributed by atoms with Crippen molar-refractivity contribution in [1.29, 1.82) is 0 Å². The van der Waals surface area contributed by atoms with E-state index in [1.807, 2.05) is 6.07 Å². The maximum atomic E-state index is 12.8. The lowest BCUT2D eigenvalue weighted by atomic mass is 9.85. The summed E-state index contributed by atoms with van der Waals surface area (Å²) in [4.78, 5) is 31.6. The van der Waals surface area contributed by atoms with Crippen molar-refractivity contribution in [1.82, 2.24) is 9.80 Å². The first-order valence-electron chi connectivity index (χ1n) is 10.9. The van der Waals surface area contributed by atoms with Gasteiger partial charge < -0.3 is 10.0 Å². The number of β-amino-alcohol motifs (C(OH)–C–C–N with tert-alkyl or cyclic N) is 1. The number of aliphatic hydroxyl groups is 1. The topological polar surface area (TPSA) is 64.1 Å². The van der Waals surface area contributed by atoms with Gasteiger partial charge in [-0.1, -0.05) is 30.4 Å². The summed E-state index contributed by atoms with van der Waals surface area (Å²) >= 11 is 0. The van der Waals surface area contributed by atoms with Gasteiger partial charge >= 0.3 is 0 Å². The summed E-state index contributed by atoms with van der Waals surface area (Å²) in [5, 5.41) is 10.7. The minimum absolute atomic E-state index is 0.0676. The molecule has 2 saturated heterocycles. The molecule has 154 valence electrons. The normalized spacial score (nSPS) is 32.7. The van der Waals surface area contributed by atoms with E-state index in [1.165, 1.54) is 10.6 Å². The fourth-order valence-electron chi connectivity index (χ4n) is 5.76. The number of hydrogen-bond acceptors (Lipinski definition) is 5. The number of likely N-dealkylation sites (tertiary alicyclic amines) is 1. The van der Waals surface area contributed by atoms with Gasteiger partial charge in [0.15, 0.2) is 0 Å². The van der Waals surface area contributed by atoms with E-state index in [1.54, 1.807) is 0 Å². The van der Waals surface area contributed by atoms with Crippen LogP contribution < -0.4 is 4.90 Å². The van der Waals surface area contributed by atoms with Crippen LogP contribution in [-0.4, -0.2) is 72.1 Å². The van der Waals surface area contributed by atoms with Gasteiger partial charge in [0, 0.05) is 31.9 Å². The first kappa shape index (κ1) is 18.8. The molecule has 4 aliphatic rings. The number of para-hydroxylation sites is 1. The van der Waals surface area contributed by atoms with E-state index in [0.29, 0.717) is 6.54 Å². The molecule has 2 aliphatic heterocycles. The van der Waals surface area contributed by atoms with E-state index in [4.69, 9.17) is 0 Å². The molecule has 0 spiro atoms. The van der Waals surface area contributed by atoms with Crippen molar-refractivity contribution >= 4 is 17.5 Å². The first-order chi connectivity index (χ1) is 14.1. The highest BCUT2D eigenvalue weighted by molar-refractivity contribution is 6.06. The molecule has 6 nitrogen and oxygen atoms in total. The number of anilines is 1. The maximum Gasteiger partial charge on any atom is 0.233 e. The molecule has 0 radical (unpaired) electrons. The van der Waals surface area contributed by atoms with Crippen molar-refractivity contribution in [3.8, 4) is 0 Å². The minimum atomic E-state index is -0.699. The van der Waals surface area contributed by atoms with Gasteiger partial charge in [0.2, 0.25) is 11.8 Å². The molecule has 2 heterocycles. The second-order valence-electron chi connectivity index (χ2n) is 8.92. The second kappa shape index (κ2) is 7.58. The Morgan fingerprint density at radius 2 is 1.59 bits per heavy atom. The highest BCUT2D eigenvalue weighted by Crippen LogP contribution is 2.52. The largest absolute Gasteiger partial charge is 0.390 e. The van der Waals surface area contributed by atoms with Crippen molar-refractivity contribution < 1.29 is 14.7 Å². The van der Waals surface area contributed by atoms with E-state index in [9.17, 15) is 14.7 Å². The Hall–Kier alpha value is -2.18. The van der Waals surface area contributed by atoms with Gasteiger partial charge in [0.05, 0.1) is 24.5 Å². The van der Waals surface area contributed by atoms with Crippen molar-refractivity contribution in [2.45, 2.75) is 18.9 Å². The van der Waals surface area contributed by atoms with Crippen LogP contribution in [0.1, 0.15) is 12.8 Å². The monoisotopic (exact) mass is 395 g/mol. The van der Waals surface area contributed by atoms with Crippen LogP contribution >= 0.6 is 0 Å². The lowest BCUT2D eigenvalue weighted by Crippen LogP contribution is -2.44. The predicted molar refractivity (Wildman–Crippen MR) is 110 cm³/mol. The van der Waals surface area contributed by atoms with E-state index in [2.05, 4.69) is 46.2 Å². The van der Waals surface area contributed by atoms with Crippen LogP contribution in [0.25, 0.3) is 0 Å². The molecule has 1 saturated carbocycles. The van der Waals surface area contributed by atoms with Crippen LogP contribution in [0.5, 0.6) is 0 Å². The lowest BCUT2D eigenvalue weighted by molar-refractivity contribution is -0.142. The van der Waals surface area contributed by atoms with Crippen LogP contribution in [-0.2, 0) is 9.59 Å². The molecule has 6 heteroatoms. The number of hydrogen-bond donors (Lipinski definition) is 1. The number of carbonyl (C=O) groups is 2. The van der Waals surface area contributed by atoms with E-state index in [-0.39, 0.29) is 42.0 Å². The third-order valence-corrected chi connectivity index (χ3v) is 7.13. The smallest absolute Gasteiger partial charge is 0.233 e. The molecule has 29 heavy (non-hydrogen) atoms. The Morgan fingerprint density at radius 1 is 0.897 bits per heavy atom. The minimum Gasteiger partial charge on any atom is -0.390 e. The van der Waals surface area contributed by atoms with Crippen LogP contribution in [0.2, 0.25) is 0 Å². The summed E-state index contributed by atoms with van der Waals surface area (Å²) in [6.07, 6.45) is 5.48. The van der Waals surface area contributed by atoms with Crippen molar-refractivity contribution in [2.24, 2.45) is 23.7 Å². The SMILES string of the molecule is O=C1C2C3C=CC(C3)C2C(=O)N1CC(O)CN1CCCN(c2ccccc2)CC1. The molecule has 2 bridgehead atoms. The number of aliphatic hydroxyl groups excluding tert-OH is 1. The standard InChI is InChI=1S/C23H29N3O3/c27-19(14-24-9-4-10-25(12-11-24)18-5-2-1-3-6-18)15-26-22(28)20-16-7-8-17(13-16)21(20)23(26)29/h1-3,5-8,16-17,19-21,27H,4,9-15H2. The average Bonchev–Trinajstić information content (AvgIpc) is 3.35. The number of fused-ring (bicyclic) bond motifs is 5. The Labute approximate surface area is 171 Å². The summed E-state index contributed by atoms with van der Waals surface area (Å²) in [6.45, 7) is 4.33. The van der Waals surface area contributed by atoms with Gasteiger partial charge in [-0.05, 0) is 43.4 Å². The highest BCUT2D eigenvalue weighted by Gasteiger charge is 2.59. The number of benzene rings is 1. The molecule has 2 aliphatic carbocycles. The van der Waals surface area contributed by atoms with Crippen molar-refractivity contribution in [2.75, 3.05) is 44.2 Å². The summed E-state index contributed by atoms with van der Waals surface area (Å²) in [6, 6.07) is 10.4. The fraction of sp³-hybridized carbons (Fsp3) is 0.565. The number of rotatable bonds is 5. The Bertz CT molecular complexity index is 781. The molecule has 2 amide bonds. The molecule has 5 unspecified atom stereocenters. The molecule has 1 N–H and O–H groups in total. The molecule has 0 aromatic heterocycles. The van der Waals surface area contributed by atoms with E-state index >= 15 is 0 Å². The molecular formula is C23H29N3O3. The molecule has 3 fully saturated rings. The maximum absolute atomic E-state index is 12.8. The van der Waals surface area contributed by atoms with Gasteiger partial charge in [-0.2, -0.15) is 0 Å². The molecule has 5 atom stereocenters. The van der Waals surface area contributed by atoms with E-state index < -0.39 is 6.10 Å². The lowest BCUT2D eigenvalue weighted by Gasteiger charge is -2.27. The summed E-state index contributed by atoms with van der Waals surface area (Å²) in [5.41, 5.74) is 1.23. The van der Waals surface area contributed by atoms with Gasteiger partial charge in [-0.3, -0.25) is 19.4 Å². The zero-order chi connectivity index (χ0) is 20.0. The number of imide groups is 1. The van der Waals surface area contributed by atoms with Crippen LogP contribution in [0.15, 0.2) is 42.5 Å². The molecule has 1 aromatic rings. The zero-order valence-electron chi connectivity index (χ0n) is 16.7. The quantitative estimate of drug-likeness (QED) is 0.603.